The molecule has 4 rings (SSSR count). The molecule has 1 aromatic heterocycles. The average molecular weight is 472 g/mol. The molecule has 0 saturated carbocycles. The summed E-state index contributed by atoms with van der Waals surface area (Å²) >= 11 is 6.21. The minimum absolute atomic E-state index is 0.101. The molecule has 0 amide bonds. The zero-order valence-corrected chi connectivity index (χ0v) is 20.0. The molecule has 1 N–H and O–H groups in total. The number of hydrogen-bond acceptors (Lipinski definition) is 6. The summed E-state index contributed by atoms with van der Waals surface area (Å²) in [6.07, 6.45) is 3.06. The van der Waals surface area contributed by atoms with Crippen molar-refractivity contribution in [1.29, 1.82) is 0 Å². The lowest BCUT2D eigenvalue weighted by Crippen LogP contribution is -2.40. The molecule has 1 saturated heterocycles. The van der Waals surface area contributed by atoms with E-state index in [1.165, 1.54) is 19.1 Å². The molecule has 0 spiro atoms. The van der Waals surface area contributed by atoms with Crippen molar-refractivity contribution in [3.05, 3.63) is 63.0 Å². The van der Waals surface area contributed by atoms with Crippen LogP contribution in [0.2, 0.25) is 5.02 Å². The molecule has 1 fully saturated rings. The Morgan fingerprint density at radius 2 is 1.85 bits per heavy atom. The minimum atomic E-state index is -0.580. The Kier molecular flexibility index (Phi) is 7.27. The van der Waals surface area contributed by atoms with Crippen LogP contribution in [-0.4, -0.2) is 42.4 Å². The summed E-state index contributed by atoms with van der Waals surface area (Å²) in [5.74, 6) is 1.92. The van der Waals surface area contributed by atoms with Gasteiger partial charge in [-0.3, -0.25) is 4.79 Å². The van der Waals surface area contributed by atoms with Gasteiger partial charge in [-0.2, -0.15) is 0 Å². The molecule has 1 atom stereocenters. The molecule has 6 nitrogen and oxygen atoms in total. The number of hydrogen-bond donors (Lipinski definition) is 1. The van der Waals surface area contributed by atoms with Gasteiger partial charge in [0.2, 0.25) is 11.2 Å². The fourth-order valence-electron chi connectivity index (χ4n) is 4.13. The van der Waals surface area contributed by atoms with Crippen LogP contribution < -0.4 is 14.9 Å². The Balaban J connectivity index is 1.42. The van der Waals surface area contributed by atoms with E-state index in [4.69, 9.17) is 25.5 Å². The lowest BCUT2D eigenvalue weighted by atomic mass is 9.99. The number of aliphatic hydroxyl groups is 1. The van der Waals surface area contributed by atoms with Crippen molar-refractivity contribution in [1.82, 2.24) is 4.90 Å². The highest BCUT2D eigenvalue weighted by Gasteiger charge is 2.19. The van der Waals surface area contributed by atoms with E-state index < -0.39 is 6.10 Å². The molecule has 0 unspecified atom stereocenters. The Bertz CT molecular complexity index is 1160. The number of benzene rings is 2. The van der Waals surface area contributed by atoms with Crippen LogP contribution in [0.5, 0.6) is 17.2 Å². The number of β-amino-alcohol motifs (C(OH)–C–C–N with tert-alkyl or cyclic N) is 1. The summed E-state index contributed by atoms with van der Waals surface area (Å²) in [7, 11) is 0. The quantitative estimate of drug-likeness (QED) is 0.502. The summed E-state index contributed by atoms with van der Waals surface area (Å²) in [6, 6.07) is 8.58. The van der Waals surface area contributed by atoms with Crippen molar-refractivity contribution >= 4 is 22.6 Å². The molecule has 3 aromatic rings. The summed E-state index contributed by atoms with van der Waals surface area (Å²) in [6.45, 7) is 8.84. The van der Waals surface area contributed by atoms with Gasteiger partial charge in [0.15, 0.2) is 0 Å². The van der Waals surface area contributed by atoms with Crippen LogP contribution in [0.1, 0.15) is 30.9 Å². The third-order valence-corrected chi connectivity index (χ3v) is 6.74. The maximum absolute atomic E-state index is 12.9. The monoisotopic (exact) mass is 471 g/mol. The Morgan fingerprint density at radius 3 is 2.55 bits per heavy atom. The van der Waals surface area contributed by atoms with Gasteiger partial charge < -0.3 is 23.9 Å². The molecular formula is C26H30ClNO5. The largest absolute Gasteiger partial charge is 0.491 e. The van der Waals surface area contributed by atoms with E-state index >= 15 is 0 Å². The average Bonchev–Trinajstić information content (AvgIpc) is 2.79. The van der Waals surface area contributed by atoms with Gasteiger partial charge in [0.1, 0.15) is 36.1 Å². The second-order valence-corrected chi connectivity index (χ2v) is 9.39. The predicted molar refractivity (Wildman–Crippen MR) is 130 cm³/mol. The topological polar surface area (TPSA) is 72.1 Å². The van der Waals surface area contributed by atoms with Crippen LogP contribution in [0.15, 0.2) is 45.8 Å². The normalized spacial score (nSPS) is 16.2. The first-order valence-corrected chi connectivity index (χ1v) is 11.7. The van der Waals surface area contributed by atoms with Crippen LogP contribution >= 0.6 is 11.6 Å². The van der Waals surface area contributed by atoms with E-state index in [9.17, 15) is 9.90 Å². The van der Waals surface area contributed by atoms with Gasteiger partial charge in [0, 0.05) is 17.6 Å². The number of rotatable bonds is 7. The highest BCUT2D eigenvalue weighted by atomic mass is 35.5. The van der Waals surface area contributed by atoms with Gasteiger partial charge in [0.05, 0.1) is 5.39 Å². The Hall–Kier alpha value is -2.54. The number of aryl methyl sites for hydroxylation is 2. The predicted octanol–water partition coefficient (Wildman–Crippen LogP) is 5.33. The molecule has 0 radical (unpaired) electrons. The third-order valence-electron chi connectivity index (χ3n) is 6.14. The molecule has 2 aromatic carbocycles. The molecule has 2 heterocycles. The molecule has 176 valence electrons. The van der Waals surface area contributed by atoms with E-state index in [0.29, 0.717) is 34.0 Å². The van der Waals surface area contributed by atoms with Crippen molar-refractivity contribution in [3.8, 4) is 17.2 Å². The van der Waals surface area contributed by atoms with Crippen LogP contribution in [0.25, 0.3) is 11.0 Å². The van der Waals surface area contributed by atoms with E-state index in [2.05, 4.69) is 11.8 Å². The number of likely N-dealkylation sites (tertiary alicyclic amines) is 1. The fourth-order valence-corrected chi connectivity index (χ4v) is 4.24. The Morgan fingerprint density at radius 1 is 1.15 bits per heavy atom. The first kappa shape index (κ1) is 23.6. The van der Waals surface area contributed by atoms with E-state index in [1.54, 1.807) is 30.3 Å². The van der Waals surface area contributed by atoms with Gasteiger partial charge >= 0.3 is 0 Å². The standard InChI is InChI=1S/C26H30ClNO5/c1-16-6-8-28(9-7-16)13-19(29)14-31-20-4-5-22-23(12-20)32-15-24(26(22)30)33-21-10-17(2)25(27)18(3)11-21/h4-5,10-12,15-16,19,29H,6-9,13-14H2,1-3H3/t19-/m0/s1. The van der Waals surface area contributed by atoms with Crippen LogP contribution in [0, 0.1) is 19.8 Å². The van der Waals surface area contributed by atoms with E-state index in [1.807, 2.05) is 13.8 Å². The number of fused-ring (bicyclic) bond motifs is 1. The molecule has 0 aliphatic carbocycles. The summed E-state index contributed by atoms with van der Waals surface area (Å²) < 4.78 is 17.2. The zero-order chi connectivity index (χ0) is 23.5. The summed E-state index contributed by atoms with van der Waals surface area (Å²) in [5.41, 5.74) is 1.87. The third kappa shape index (κ3) is 5.69. The highest BCUT2D eigenvalue weighted by molar-refractivity contribution is 6.32. The maximum Gasteiger partial charge on any atom is 0.235 e. The molecule has 7 heteroatoms. The van der Waals surface area contributed by atoms with Crippen LogP contribution in [0.4, 0.5) is 0 Å². The SMILES string of the molecule is Cc1cc(Oc2coc3cc(OC[C@@H](O)CN4CCC(C)CC4)ccc3c2=O)cc(C)c1Cl. The van der Waals surface area contributed by atoms with E-state index in [0.717, 1.165) is 30.1 Å². The second kappa shape index (κ2) is 10.2. The lowest BCUT2D eigenvalue weighted by molar-refractivity contribution is 0.0563. The lowest BCUT2D eigenvalue weighted by Gasteiger charge is -2.31. The van der Waals surface area contributed by atoms with Gasteiger partial charge in [-0.05, 0) is 81.1 Å². The van der Waals surface area contributed by atoms with Crippen molar-refractivity contribution in [2.24, 2.45) is 5.92 Å². The number of nitrogens with zero attached hydrogens (tertiary/aromatic N) is 1. The number of ether oxygens (including phenoxy) is 2. The van der Waals surface area contributed by atoms with Crippen LogP contribution in [-0.2, 0) is 0 Å². The zero-order valence-electron chi connectivity index (χ0n) is 19.3. The fraction of sp³-hybridized carbons (Fsp3) is 0.423. The van der Waals surface area contributed by atoms with E-state index in [-0.39, 0.29) is 17.8 Å². The first-order chi connectivity index (χ1) is 15.8. The Labute approximate surface area is 198 Å². The van der Waals surface area contributed by atoms with Gasteiger partial charge in [-0.25, -0.2) is 0 Å². The summed E-state index contributed by atoms with van der Waals surface area (Å²) in [5, 5.41) is 11.4. The number of piperidine rings is 1. The molecule has 0 bridgehead atoms. The molecule has 1 aliphatic heterocycles. The first-order valence-electron chi connectivity index (χ1n) is 11.3. The number of halogens is 1. The number of aliphatic hydroxyl groups excluding tert-OH is 1. The minimum Gasteiger partial charge on any atom is -0.491 e. The molecule has 1 aliphatic rings. The molecular weight excluding hydrogens is 442 g/mol. The van der Waals surface area contributed by atoms with Gasteiger partial charge in [-0.1, -0.05) is 18.5 Å². The maximum atomic E-state index is 12.9. The van der Waals surface area contributed by atoms with Crippen LogP contribution in [0.3, 0.4) is 0 Å². The highest BCUT2D eigenvalue weighted by Crippen LogP contribution is 2.29. The van der Waals surface area contributed by atoms with Crippen molar-refractivity contribution in [2.75, 3.05) is 26.2 Å². The van der Waals surface area contributed by atoms with Crippen molar-refractivity contribution < 1.29 is 19.0 Å². The molecule has 33 heavy (non-hydrogen) atoms. The van der Waals surface area contributed by atoms with Gasteiger partial charge in [-0.15, -0.1) is 0 Å². The second-order valence-electron chi connectivity index (χ2n) is 9.01. The van der Waals surface area contributed by atoms with Gasteiger partial charge in [0.25, 0.3) is 0 Å². The van der Waals surface area contributed by atoms with Crippen molar-refractivity contribution in [3.63, 3.8) is 0 Å². The smallest absolute Gasteiger partial charge is 0.235 e. The summed E-state index contributed by atoms with van der Waals surface area (Å²) in [4.78, 5) is 15.2. The van der Waals surface area contributed by atoms with Crippen molar-refractivity contribution in [2.45, 2.75) is 39.7 Å².